The molecule has 0 fully saturated rings. The van der Waals surface area contributed by atoms with Gasteiger partial charge in [-0.3, -0.25) is 4.79 Å². The minimum absolute atomic E-state index is 0.415. The molecular formula is C16H19NO3. The number of benzene rings is 1. The summed E-state index contributed by atoms with van der Waals surface area (Å²) >= 11 is 0. The van der Waals surface area contributed by atoms with Crippen LogP contribution in [0.25, 0.3) is 10.9 Å². The van der Waals surface area contributed by atoms with Crippen LogP contribution in [0.3, 0.4) is 0 Å². The van der Waals surface area contributed by atoms with Crippen molar-refractivity contribution in [1.82, 2.24) is 4.57 Å². The van der Waals surface area contributed by atoms with Crippen LogP contribution in [0.2, 0.25) is 0 Å². The summed E-state index contributed by atoms with van der Waals surface area (Å²) in [5.41, 5.74) is 5.95. The molecule has 2 rings (SSSR count). The smallest absolute Gasteiger partial charge is 0.379 e. The highest BCUT2D eigenvalue weighted by Gasteiger charge is 2.24. The molecule has 0 aliphatic carbocycles. The maximum absolute atomic E-state index is 12.2. The molecule has 0 saturated carbocycles. The van der Waals surface area contributed by atoms with Gasteiger partial charge in [0, 0.05) is 18.6 Å². The van der Waals surface area contributed by atoms with Crippen molar-refractivity contribution in [3.63, 3.8) is 0 Å². The first-order valence-electron chi connectivity index (χ1n) is 6.49. The molecule has 0 radical (unpaired) electrons. The zero-order chi connectivity index (χ0) is 15.2. The van der Waals surface area contributed by atoms with E-state index < -0.39 is 11.8 Å². The Morgan fingerprint density at radius 3 is 2.10 bits per heavy atom. The number of hydrogen-bond donors (Lipinski definition) is 0. The van der Waals surface area contributed by atoms with Crippen molar-refractivity contribution in [2.75, 3.05) is 7.11 Å². The first kappa shape index (κ1) is 14.3. The van der Waals surface area contributed by atoms with Crippen LogP contribution >= 0.6 is 0 Å². The third kappa shape index (κ3) is 1.83. The Labute approximate surface area is 118 Å². The van der Waals surface area contributed by atoms with E-state index in [9.17, 15) is 9.59 Å². The molecule has 0 aliphatic rings. The van der Waals surface area contributed by atoms with Crippen molar-refractivity contribution in [2.45, 2.75) is 27.7 Å². The van der Waals surface area contributed by atoms with Crippen LogP contribution in [0, 0.1) is 27.7 Å². The fraction of sp³-hybridized carbons (Fsp3) is 0.375. The first-order chi connectivity index (χ1) is 9.31. The lowest BCUT2D eigenvalue weighted by Gasteiger charge is -2.13. The van der Waals surface area contributed by atoms with E-state index in [1.165, 1.54) is 12.7 Å². The van der Waals surface area contributed by atoms with Crippen LogP contribution in [-0.2, 0) is 16.6 Å². The van der Waals surface area contributed by atoms with Crippen LogP contribution in [-0.4, -0.2) is 23.4 Å². The summed E-state index contributed by atoms with van der Waals surface area (Å²) in [6.07, 6.45) is 1.71. The van der Waals surface area contributed by atoms with E-state index in [0.29, 0.717) is 5.56 Å². The number of aromatic nitrogens is 1. The zero-order valence-corrected chi connectivity index (χ0v) is 12.7. The van der Waals surface area contributed by atoms with Crippen LogP contribution in [0.5, 0.6) is 0 Å². The largest absolute Gasteiger partial charge is 0.463 e. The Bertz CT molecular complexity index is 738. The molecule has 106 valence electrons. The van der Waals surface area contributed by atoms with Crippen molar-refractivity contribution in [3.05, 3.63) is 34.0 Å². The third-order valence-electron chi connectivity index (χ3n) is 4.21. The molecule has 1 aromatic heterocycles. The minimum atomic E-state index is -0.826. The SMILES string of the molecule is COC(=O)C(=O)c1cn(C)c2c(C)c(C)c(C)c(C)c12. The van der Waals surface area contributed by atoms with Crippen LogP contribution in [0.1, 0.15) is 32.6 Å². The molecule has 1 aromatic carbocycles. The highest BCUT2D eigenvalue weighted by molar-refractivity contribution is 6.43. The number of Topliss-reactive ketones (excluding diaryl/α,β-unsaturated/α-hetero) is 1. The predicted octanol–water partition coefficient (Wildman–Crippen LogP) is 2.77. The second-order valence-electron chi connectivity index (χ2n) is 5.20. The lowest BCUT2D eigenvalue weighted by molar-refractivity contribution is -0.135. The van der Waals surface area contributed by atoms with E-state index in [2.05, 4.69) is 11.7 Å². The highest BCUT2D eigenvalue weighted by Crippen LogP contribution is 2.32. The second-order valence-corrected chi connectivity index (χ2v) is 5.20. The summed E-state index contributed by atoms with van der Waals surface area (Å²) in [4.78, 5) is 23.7. The summed E-state index contributed by atoms with van der Waals surface area (Å²) in [6.45, 7) is 8.14. The molecule has 0 N–H and O–H groups in total. The Balaban J connectivity index is 2.90. The molecule has 0 unspecified atom stereocenters. The van der Waals surface area contributed by atoms with Gasteiger partial charge in [-0.25, -0.2) is 4.79 Å². The molecule has 20 heavy (non-hydrogen) atoms. The lowest BCUT2D eigenvalue weighted by atomic mass is 9.93. The zero-order valence-electron chi connectivity index (χ0n) is 12.7. The van der Waals surface area contributed by atoms with Crippen LogP contribution in [0.4, 0.5) is 0 Å². The van der Waals surface area contributed by atoms with E-state index in [1.54, 1.807) is 6.20 Å². The molecule has 0 atom stereocenters. The third-order valence-corrected chi connectivity index (χ3v) is 4.21. The molecule has 4 heteroatoms. The summed E-state index contributed by atoms with van der Waals surface area (Å²) in [7, 11) is 3.11. The van der Waals surface area contributed by atoms with Crippen LogP contribution in [0.15, 0.2) is 6.20 Å². The topological polar surface area (TPSA) is 48.3 Å². The van der Waals surface area contributed by atoms with Gasteiger partial charge in [0.2, 0.25) is 0 Å². The van der Waals surface area contributed by atoms with Crippen molar-refractivity contribution < 1.29 is 14.3 Å². The maximum atomic E-state index is 12.2. The first-order valence-corrected chi connectivity index (χ1v) is 6.49. The van der Waals surface area contributed by atoms with E-state index >= 15 is 0 Å². The van der Waals surface area contributed by atoms with E-state index in [1.807, 2.05) is 32.4 Å². The van der Waals surface area contributed by atoms with E-state index in [4.69, 9.17) is 0 Å². The van der Waals surface area contributed by atoms with Crippen molar-refractivity contribution in [3.8, 4) is 0 Å². The van der Waals surface area contributed by atoms with Gasteiger partial charge in [0.25, 0.3) is 5.78 Å². The standard InChI is InChI=1S/C16H19NO3/c1-8-9(2)11(4)14-13(10(8)3)12(7-17(14)5)15(18)16(19)20-6/h7H,1-6H3. The van der Waals surface area contributed by atoms with Crippen molar-refractivity contribution in [2.24, 2.45) is 7.05 Å². The van der Waals surface area contributed by atoms with Gasteiger partial charge >= 0.3 is 5.97 Å². The van der Waals surface area contributed by atoms with E-state index in [-0.39, 0.29) is 0 Å². The number of carbonyl (C=O) groups is 2. The average molecular weight is 273 g/mol. The number of fused-ring (bicyclic) bond motifs is 1. The minimum Gasteiger partial charge on any atom is -0.463 e. The van der Waals surface area contributed by atoms with E-state index in [0.717, 1.165) is 27.6 Å². The monoisotopic (exact) mass is 273 g/mol. The number of ketones is 1. The number of hydrogen-bond acceptors (Lipinski definition) is 3. The number of ether oxygens (including phenoxy) is 1. The number of rotatable bonds is 2. The van der Waals surface area contributed by atoms with Gasteiger partial charge in [-0.2, -0.15) is 0 Å². The molecule has 0 amide bonds. The number of methoxy groups -OCH3 is 1. The van der Waals surface area contributed by atoms with Gasteiger partial charge in [0.05, 0.1) is 18.2 Å². The number of esters is 1. The summed E-state index contributed by atoms with van der Waals surface area (Å²) in [6, 6.07) is 0. The van der Waals surface area contributed by atoms with Gasteiger partial charge in [0.1, 0.15) is 0 Å². The summed E-state index contributed by atoms with van der Waals surface area (Å²) in [5.74, 6) is -1.42. The molecule has 4 nitrogen and oxygen atoms in total. The number of carbonyl (C=O) groups excluding carboxylic acids is 2. The molecule has 0 saturated heterocycles. The Kier molecular flexibility index (Phi) is 3.42. The van der Waals surface area contributed by atoms with Crippen molar-refractivity contribution >= 4 is 22.7 Å². The number of nitrogens with zero attached hydrogens (tertiary/aromatic N) is 1. The van der Waals surface area contributed by atoms with Gasteiger partial charge in [-0.15, -0.1) is 0 Å². The van der Waals surface area contributed by atoms with Gasteiger partial charge in [0.15, 0.2) is 0 Å². The Hall–Kier alpha value is -2.10. The number of aryl methyl sites for hydroxylation is 3. The Morgan fingerprint density at radius 1 is 1.00 bits per heavy atom. The predicted molar refractivity (Wildman–Crippen MR) is 78.2 cm³/mol. The highest BCUT2D eigenvalue weighted by atomic mass is 16.5. The fourth-order valence-electron chi connectivity index (χ4n) is 2.76. The molecule has 0 aliphatic heterocycles. The lowest BCUT2D eigenvalue weighted by Crippen LogP contribution is -2.15. The van der Waals surface area contributed by atoms with Gasteiger partial charge in [-0.1, -0.05) is 0 Å². The van der Waals surface area contributed by atoms with Crippen LogP contribution < -0.4 is 0 Å². The normalized spacial score (nSPS) is 10.9. The maximum Gasteiger partial charge on any atom is 0.379 e. The second kappa shape index (κ2) is 4.78. The molecule has 0 bridgehead atoms. The van der Waals surface area contributed by atoms with Gasteiger partial charge < -0.3 is 9.30 Å². The fourth-order valence-corrected chi connectivity index (χ4v) is 2.76. The molecule has 2 aromatic rings. The molecular weight excluding hydrogens is 254 g/mol. The quantitative estimate of drug-likeness (QED) is 0.480. The average Bonchev–Trinajstić information content (AvgIpc) is 2.78. The Morgan fingerprint density at radius 2 is 1.55 bits per heavy atom. The summed E-state index contributed by atoms with van der Waals surface area (Å²) < 4.78 is 6.45. The summed E-state index contributed by atoms with van der Waals surface area (Å²) in [5, 5.41) is 0.850. The van der Waals surface area contributed by atoms with Crippen molar-refractivity contribution in [1.29, 1.82) is 0 Å². The molecule has 0 spiro atoms. The van der Waals surface area contributed by atoms with Gasteiger partial charge in [-0.05, 0) is 49.9 Å². The molecule has 1 heterocycles.